The molecule has 0 atom stereocenters. The van der Waals surface area contributed by atoms with Crippen molar-refractivity contribution >= 4 is 28.8 Å². The number of aromatic nitrogens is 5. The molecular formula is C21H19ClF2N6O. The largest absolute Gasteiger partial charge is 0.364 e. The van der Waals surface area contributed by atoms with E-state index in [2.05, 4.69) is 20.5 Å². The second-order valence-electron chi connectivity index (χ2n) is 7.32. The van der Waals surface area contributed by atoms with Crippen LogP contribution in [0.1, 0.15) is 38.8 Å². The van der Waals surface area contributed by atoms with Gasteiger partial charge in [0.25, 0.3) is 5.91 Å². The molecule has 0 fully saturated rings. The molecule has 10 heteroatoms. The lowest BCUT2D eigenvalue weighted by molar-refractivity contribution is 0.0868. The van der Waals surface area contributed by atoms with E-state index < -0.39 is 17.0 Å². The maximum Gasteiger partial charge on any atom is 0.364 e. The van der Waals surface area contributed by atoms with Gasteiger partial charge in [-0.1, -0.05) is 12.1 Å². The van der Waals surface area contributed by atoms with Crippen LogP contribution in [0.2, 0.25) is 0 Å². The molecule has 31 heavy (non-hydrogen) atoms. The minimum atomic E-state index is -3.65. The minimum Gasteiger partial charge on any atom is -0.321 e. The Kier molecular flexibility index (Phi) is 5.22. The molecule has 0 radical (unpaired) electrons. The Hall–Kier alpha value is -3.33. The Morgan fingerprint density at radius 3 is 2.55 bits per heavy atom. The van der Waals surface area contributed by atoms with Gasteiger partial charge in [-0.05, 0) is 62.2 Å². The van der Waals surface area contributed by atoms with E-state index in [4.69, 9.17) is 11.6 Å². The number of halogens is 3. The van der Waals surface area contributed by atoms with Gasteiger partial charge in [0.05, 0.1) is 12.2 Å². The van der Waals surface area contributed by atoms with Crippen LogP contribution in [0.25, 0.3) is 5.65 Å². The third-order valence-corrected chi connectivity index (χ3v) is 4.89. The van der Waals surface area contributed by atoms with Gasteiger partial charge in [0.2, 0.25) is 0 Å². The highest BCUT2D eigenvalue weighted by Crippen LogP contribution is 2.32. The van der Waals surface area contributed by atoms with Crippen molar-refractivity contribution in [1.29, 1.82) is 0 Å². The van der Waals surface area contributed by atoms with E-state index in [0.29, 0.717) is 17.9 Å². The molecule has 0 unspecified atom stereocenters. The second-order valence-corrected chi connectivity index (χ2v) is 7.79. The molecular weight excluding hydrogens is 426 g/mol. The standard InChI is InChI=1S/C21H19ClF2N6O/c1-12-8-18(21(22,23)24)30-19(25-12)10-17(28-30)20(31)26-16-6-4-5-15(9-16)11-29-14(3)7-13(2)27-29/h4-10H,11H2,1-3H3,(H,26,31). The first kappa shape index (κ1) is 20.9. The van der Waals surface area contributed by atoms with Gasteiger partial charge in [0.1, 0.15) is 5.69 Å². The molecule has 1 N–H and O–H groups in total. The molecule has 4 rings (SSSR count). The number of hydrogen-bond donors (Lipinski definition) is 1. The van der Waals surface area contributed by atoms with E-state index in [1.165, 1.54) is 6.07 Å². The number of benzene rings is 1. The summed E-state index contributed by atoms with van der Waals surface area (Å²) in [5.41, 5.74) is 3.30. The lowest BCUT2D eigenvalue weighted by Crippen LogP contribution is -2.15. The van der Waals surface area contributed by atoms with E-state index in [0.717, 1.165) is 27.5 Å². The van der Waals surface area contributed by atoms with Crippen LogP contribution < -0.4 is 5.32 Å². The molecule has 0 aliphatic heterocycles. The highest BCUT2D eigenvalue weighted by atomic mass is 35.5. The molecule has 0 aliphatic rings. The first-order valence-corrected chi connectivity index (χ1v) is 9.84. The number of hydrogen-bond acceptors (Lipinski definition) is 4. The summed E-state index contributed by atoms with van der Waals surface area (Å²) in [6, 6.07) is 11.8. The molecule has 0 saturated heterocycles. The van der Waals surface area contributed by atoms with Crippen molar-refractivity contribution in [3.8, 4) is 0 Å². The molecule has 160 valence electrons. The summed E-state index contributed by atoms with van der Waals surface area (Å²) >= 11 is 5.20. The first-order chi connectivity index (χ1) is 14.6. The van der Waals surface area contributed by atoms with Crippen LogP contribution in [-0.2, 0) is 11.9 Å². The topological polar surface area (TPSA) is 77.1 Å². The summed E-state index contributed by atoms with van der Waals surface area (Å²) in [5, 5.41) is 7.52. The van der Waals surface area contributed by atoms with Crippen LogP contribution in [0.5, 0.6) is 0 Å². The van der Waals surface area contributed by atoms with Crippen LogP contribution in [0, 0.1) is 20.8 Å². The van der Waals surface area contributed by atoms with E-state index in [1.807, 2.05) is 42.8 Å². The predicted octanol–water partition coefficient (Wildman–Crippen LogP) is 4.44. The number of nitrogens with one attached hydrogen (secondary N) is 1. The summed E-state index contributed by atoms with van der Waals surface area (Å²) in [6.45, 7) is 6.02. The second kappa shape index (κ2) is 7.73. The number of carbonyl (C=O) groups is 1. The van der Waals surface area contributed by atoms with Crippen LogP contribution in [-0.4, -0.2) is 30.3 Å². The SMILES string of the molecule is Cc1cc(C(F)(F)Cl)n2nc(C(=O)Nc3cccc(Cn4nc(C)cc4C)c3)cc2n1. The quantitative estimate of drug-likeness (QED) is 0.462. The number of fused-ring (bicyclic) bond motifs is 1. The fourth-order valence-electron chi connectivity index (χ4n) is 3.36. The van der Waals surface area contributed by atoms with Crippen molar-refractivity contribution < 1.29 is 13.6 Å². The normalized spacial score (nSPS) is 11.8. The molecule has 3 heterocycles. The van der Waals surface area contributed by atoms with Crippen LogP contribution in [0.3, 0.4) is 0 Å². The summed E-state index contributed by atoms with van der Waals surface area (Å²) < 4.78 is 30.2. The molecule has 4 aromatic rings. The molecule has 1 aromatic carbocycles. The van der Waals surface area contributed by atoms with Gasteiger partial charge in [-0.2, -0.15) is 19.0 Å². The molecule has 1 amide bonds. The van der Waals surface area contributed by atoms with Crippen molar-refractivity contribution in [3.63, 3.8) is 0 Å². The van der Waals surface area contributed by atoms with Gasteiger partial charge in [-0.3, -0.25) is 9.48 Å². The van der Waals surface area contributed by atoms with Gasteiger partial charge >= 0.3 is 5.38 Å². The average molecular weight is 445 g/mol. The number of alkyl halides is 3. The Morgan fingerprint density at radius 1 is 1.10 bits per heavy atom. The number of nitrogens with zero attached hydrogens (tertiary/aromatic N) is 5. The molecule has 0 bridgehead atoms. The zero-order valence-corrected chi connectivity index (χ0v) is 17.8. The Balaban J connectivity index is 1.59. The maximum atomic E-state index is 13.7. The molecule has 7 nitrogen and oxygen atoms in total. The van der Waals surface area contributed by atoms with Crippen molar-refractivity contribution in [2.45, 2.75) is 32.7 Å². The Morgan fingerprint density at radius 2 is 1.87 bits per heavy atom. The first-order valence-electron chi connectivity index (χ1n) is 9.46. The third-order valence-electron chi connectivity index (χ3n) is 4.70. The molecule has 0 aliphatic carbocycles. The summed E-state index contributed by atoms with van der Waals surface area (Å²) in [4.78, 5) is 16.9. The summed E-state index contributed by atoms with van der Waals surface area (Å²) in [5.74, 6) is -0.546. The van der Waals surface area contributed by atoms with Crippen molar-refractivity contribution in [1.82, 2.24) is 24.4 Å². The van der Waals surface area contributed by atoms with Crippen molar-refractivity contribution in [2.24, 2.45) is 0 Å². The zero-order valence-electron chi connectivity index (χ0n) is 17.0. The Labute approximate surface area is 181 Å². The van der Waals surface area contributed by atoms with Gasteiger partial charge in [0.15, 0.2) is 11.3 Å². The highest BCUT2D eigenvalue weighted by Gasteiger charge is 2.32. The summed E-state index contributed by atoms with van der Waals surface area (Å²) in [6.07, 6.45) is 0. The van der Waals surface area contributed by atoms with Gasteiger partial charge in [0, 0.05) is 23.1 Å². The monoisotopic (exact) mass is 444 g/mol. The number of carbonyl (C=O) groups excluding carboxylic acids is 1. The lowest BCUT2D eigenvalue weighted by atomic mass is 10.2. The zero-order chi connectivity index (χ0) is 22.3. The highest BCUT2D eigenvalue weighted by molar-refractivity contribution is 6.21. The van der Waals surface area contributed by atoms with Crippen LogP contribution in [0.4, 0.5) is 14.5 Å². The Bertz CT molecular complexity index is 1290. The van der Waals surface area contributed by atoms with E-state index in [1.54, 1.807) is 13.0 Å². The number of anilines is 1. The average Bonchev–Trinajstić information content (AvgIpc) is 3.23. The number of amides is 1. The smallest absolute Gasteiger partial charge is 0.321 e. The fourth-order valence-corrected chi connectivity index (χ4v) is 3.50. The van der Waals surface area contributed by atoms with E-state index in [-0.39, 0.29) is 11.3 Å². The number of aryl methyl sites for hydroxylation is 3. The van der Waals surface area contributed by atoms with Crippen molar-refractivity contribution in [2.75, 3.05) is 5.32 Å². The lowest BCUT2D eigenvalue weighted by Gasteiger charge is -2.10. The van der Waals surface area contributed by atoms with Gasteiger partial charge < -0.3 is 5.32 Å². The summed E-state index contributed by atoms with van der Waals surface area (Å²) in [7, 11) is 0. The van der Waals surface area contributed by atoms with E-state index >= 15 is 0 Å². The number of rotatable bonds is 5. The molecule has 0 saturated carbocycles. The minimum absolute atomic E-state index is 0.0517. The maximum absolute atomic E-state index is 13.7. The van der Waals surface area contributed by atoms with Crippen LogP contribution >= 0.6 is 11.6 Å². The molecule has 0 spiro atoms. The third kappa shape index (κ3) is 4.41. The van der Waals surface area contributed by atoms with E-state index in [9.17, 15) is 13.6 Å². The van der Waals surface area contributed by atoms with Crippen LogP contribution in [0.15, 0.2) is 42.5 Å². The van der Waals surface area contributed by atoms with Crippen molar-refractivity contribution in [3.05, 3.63) is 76.5 Å². The predicted molar refractivity (Wildman–Crippen MR) is 113 cm³/mol. The van der Waals surface area contributed by atoms with Gasteiger partial charge in [-0.15, -0.1) is 0 Å². The van der Waals surface area contributed by atoms with Gasteiger partial charge in [-0.25, -0.2) is 9.50 Å². The molecule has 3 aromatic heterocycles. The fraction of sp³-hybridized carbons (Fsp3) is 0.238.